The Morgan fingerprint density at radius 2 is 2.29 bits per heavy atom. The van der Waals surface area contributed by atoms with Gasteiger partial charge in [0.2, 0.25) is 0 Å². The van der Waals surface area contributed by atoms with E-state index in [1.165, 1.54) is 9.75 Å². The molecule has 0 amide bonds. The van der Waals surface area contributed by atoms with Gasteiger partial charge in [0.15, 0.2) is 0 Å². The molecule has 0 aromatic carbocycles. The molecule has 0 spiro atoms. The van der Waals surface area contributed by atoms with Crippen molar-refractivity contribution in [2.45, 2.75) is 19.4 Å². The molecule has 2 aromatic heterocycles. The van der Waals surface area contributed by atoms with Crippen LogP contribution >= 0.6 is 50.2 Å². The SMILES string of the molecule is CCCNC(c1cc(Br)cs1)c1sccc1Cl. The first-order valence-corrected chi connectivity index (χ1v) is 8.35. The number of hydrogen-bond acceptors (Lipinski definition) is 3. The largest absolute Gasteiger partial charge is 0.305 e. The highest BCUT2D eigenvalue weighted by Crippen LogP contribution is 2.36. The van der Waals surface area contributed by atoms with Crippen LogP contribution in [0.2, 0.25) is 5.02 Å². The summed E-state index contributed by atoms with van der Waals surface area (Å²) in [6.07, 6.45) is 1.12. The lowest BCUT2D eigenvalue weighted by molar-refractivity contribution is 0.613. The molecule has 0 aliphatic carbocycles. The van der Waals surface area contributed by atoms with E-state index in [9.17, 15) is 0 Å². The van der Waals surface area contributed by atoms with E-state index in [-0.39, 0.29) is 6.04 Å². The van der Waals surface area contributed by atoms with E-state index in [1.54, 1.807) is 22.7 Å². The first-order chi connectivity index (χ1) is 8.22. The van der Waals surface area contributed by atoms with Crippen molar-refractivity contribution in [1.82, 2.24) is 5.32 Å². The summed E-state index contributed by atoms with van der Waals surface area (Å²) in [5, 5.41) is 8.56. The second-order valence-corrected chi connectivity index (χ2v) is 6.90. The standard InChI is InChI=1S/C12H13BrClNS2/c1-2-4-15-11(10-6-8(13)7-17-10)12-9(14)3-5-16-12/h3,5-7,11,15H,2,4H2,1H3. The van der Waals surface area contributed by atoms with E-state index in [1.807, 2.05) is 11.4 Å². The normalized spacial score (nSPS) is 12.9. The van der Waals surface area contributed by atoms with Crippen LogP contribution in [0, 0.1) is 0 Å². The monoisotopic (exact) mass is 349 g/mol. The van der Waals surface area contributed by atoms with Gasteiger partial charge in [-0.3, -0.25) is 0 Å². The van der Waals surface area contributed by atoms with Crippen LogP contribution in [0.5, 0.6) is 0 Å². The van der Waals surface area contributed by atoms with E-state index in [2.05, 4.69) is 39.6 Å². The zero-order chi connectivity index (χ0) is 12.3. The summed E-state index contributed by atoms with van der Waals surface area (Å²) in [5.74, 6) is 0. The van der Waals surface area contributed by atoms with Crippen LogP contribution in [0.3, 0.4) is 0 Å². The van der Waals surface area contributed by atoms with Crippen LogP contribution in [-0.2, 0) is 0 Å². The highest BCUT2D eigenvalue weighted by Gasteiger charge is 2.19. The molecule has 0 radical (unpaired) electrons. The fourth-order valence-corrected chi connectivity index (χ4v) is 4.46. The second kappa shape index (κ2) is 6.34. The molecule has 92 valence electrons. The molecule has 1 unspecified atom stereocenters. The third kappa shape index (κ3) is 3.32. The number of halogens is 2. The molecule has 1 nitrogen and oxygen atoms in total. The Balaban J connectivity index is 2.28. The van der Waals surface area contributed by atoms with Crippen molar-refractivity contribution < 1.29 is 0 Å². The maximum atomic E-state index is 6.23. The topological polar surface area (TPSA) is 12.0 Å². The van der Waals surface area contributed by atoms with Gasteiger partial charge in [-0.25, -0.2) is 0 Å². The van der Waals surface area contributed by atoms with E-state index >= 15 is 0 Å². The maximum absolute atomic E-state index is 6.23. The van der Waals surface area contributed by atoms with E-state index in [4.69, 9.17) is 11.6 Å². The van der Waals surface area contributed by atoms with Crippen LogP contribution in [0.4, 0.5) is 0 Å². The molecule has 0 bridgehead atoms. The van der Waals surface area contributed by atoms with Gasteiger partial charge in [-0.15, -0.1) is 22.7 Å². The highest BCUT2D eigenvalue weighted by molar-refractivity contribution is 9.10. The minimum atomic E-state index is 0.221. The van der Waals surface area contributed by atoms with Crippen LogP contribution in [0.15, 0.2) is 27.4 Å². The molecule has 0 saturated carbocycles. The van der Waals surface area contributed by atoms with Crippen molar-refractivity contribution >= 4 is 50.2 Å². The third-order valence-electron chi connectivity index (χ3n) is 2.38. The zero-order valence-corrected chi connectivity index (χ0v) is 13.3. The molecular formula is C12H13BrClNS2. The van der Waals surface area contributed by atoms with E-state index < -0.39 is 0 Å². The van der Waals surface area contributed by atoms with Gasteiger partial charge in [-0.1, -0.05) is 18.5 Å². The Labute approximate surface area is 123 Å². The van der Waals surface area contributed by atoms with Crippen LogP contribution in [0.1, 0.15) is 29.1 Å². The number of nitrogens with one attached hydrogen (secondary N) is 1. The fraction of sp³-hybridized carbons (Fsp3) is 0.333. The molecule has 1 atom stereocenters. The second-order valence-electron chi connectivity index (χ2n) is 3.69. The lowest BCUT2D eigenvalue weighted by Gasteiger charge is -2.16. The van der Waals surface area contributed by atoms with Gasteiger partial charge in [-0.05, 0) is 46.4 Å². The van der Waals surface area contributed by atoms with Crippen LogP contribution < -0.4 is 5.32 Å². The molecule has 0 fully saturated rings. The van der Waals surface area contributed by atoms with Crippen LogP contribution in [0.25, 0.3) is 0 Å². The molecule has 2 aromatic rings. The average Bonchev–Trinajstić information content (AvgIpc) is 2.90. The van der Waals surface area contributed by atoms with Crippen molar-refractivity contribution in [2.75, 3.05) is 6.54 Å². The maximum Gasteiger partial charge on any atom is 0.0780 e. The predicted octanol–water partition coefficient (Wildman–Crippen LogP) is 5.31. The third-order valence-corrected chi connectivity index (χ3v) is 5.56. The summed E-state index contributed by atoms with van der Waals surface area (Å²) in [6, 6.07) is 4.34. The molecular weight excluding hydrogens is 338 g/mol. The van der Waals surface area contributed by atoms with Crippen molar-refractivity contribution in [3.8, 4) is 0 Å². The molecule has 0 saturated heterocycles. The fourth-order valence-electron chi connectivity index (χ4n) is 1.60. The first-order valence-electron chi connectivity index (χ1n) is 5.42. The lowest BCUT2D eigenvalue weighted by atomic mass is 10.2. The van der Waals surface area contributed by atoms with E-state index in [0.29, 0.717) is 0 Å². The minimum absolute atomic E-state index is 0.221. The Hall–Kier alpha value is 0.130. The smallest absolute Gasteiger partial charge is 0.0780 e. The van der Waals surface area contributed by atoms with Gasteiger partial charge in [0.25, 0.3) is 0 Å². The van der Waals surface area contributed by atoms with Crippen molar-refractivity contribution in [1.29, 1.82) is 0 Å². The molecule has 1 N–H and O–H groups in total. The van der Waals surface area contributed by atoms with Crippen molar-refractivity contribution in [3.63, 3.8) is 0 Å². The van der Waals surface area contributed by atoms with Gasteiger partial charge >= 0.3 is 0 Å². The summed E-state index contributed by atoms with van der Waals surface area (Å²) in [6.45, 7) is 3.17. The zero-order valence-electron chi connectivity index (χ0n) is 9.37. The molecule has 0 aliphatic heterocycles. The lowest BCUT2D eigenvalue weighted by Crippen LogP contribution is -2.21. The molecule has 2 rings (SSSR count). The summed E-state index contributed by atoms with van der Waals surface area (Å²) < 4.78 is 1.13. The summed E-state index contributed by atoms with van der Waals surface area (Å²) in [5.41, 5.74) is 0. The number of hydrogen-bond donors (Lipinski definition) is 1. The van der Waals surface area contributed by atoms with Crippen molar-refractivity contribution in [3.05, 3.63) is 42.1 Å². The summed E-state index contributed by atoms with van der Waals surface area (Å²) in [4.78, 5) is 2.50. The quantitative estimate of drug-likeness (QED) is 0.770. The van der Waals surface area contributed by atoms with Gasteiger partial charge in [0, 0.05) is 19.6 Å². The molecule has 0 aliphatic rings. The molecule has 17 heavy (non-hydrogen) atoms. The van der Waals surface area contributed by atoms with Crippen molar-refractivity contribution in [2.24, 2.45) is 0 Å². The first kappa shape index (κ1) is 13.6. The minimum Gasteiger partial charge on any atom is -0.305 e. The predicted molar refractivity (Wildman–Crippen MR) is 81.5 cm³/mol. The Bertz CT molecular complexity index is 480. The highest BCUT2D eigenvalue weighted by atomic mass is 79.9. The summed E-state index contributed by atoms with van der Waals surface area (Å²) in [7, 11) is 0. The Morgan fingerprint density at radius 1 is 1.47 bits per heavy atom. The van der Waals surface area contributed by atoms with Gasteiger partial charge < -0.3 is 5.32 Å². The molecule has 2 heterocycles. The van der Waals surface area contributed by atoms with Gasteiger partial charge in [0.05, 0.1) is 11.1 Å². The van der Waals surface area contributed by atoms with Gasteiger partial charge in [0.1, 0.15) is 0 Å². The molecule has 5 heteroatoms. The number of rotatable bonds is 5. The Morgan fingerprint density at radius 3 is 2.82 bits per heavy atom. The summed E-state index contributed by atoms with van der Waals surface area (Å²) >= 11 is 13.2. The number of thiophene rings is 2. The average molecular weight is 351 g/mol. The van der Waals surface area contributed by atoms with Gasteiger partial charge in [-0.2, -0.15) is 0 Å². The van der Waals surface area contributed by atoms with Crippen LogP contribution in [-0.4, -0.2) is 6.54 Å². The van der Waals surface area contributed by atoms with E-state index in [0.717, 1.165) is 22.5 Å². The Kier molecular flexibility index (Phi) is 5.06.